The largest absolute Gasteiger partial charge is 0.471 e. The SMILES string of the molecule is O=C(C1CCN(C(=O)C(F)(F)F)CC1)N(Cc1cn2ccc(-c3nnc(C(F)F)o3)cc2n1)c1ccccc1. The van der Waals surface area contributed by atoms with Gasteiger partial charge in [-0.2, -0.15) is 22.0 Å². The smallest absolute Gasteiger partial charge is 0.415 e. The van der Waals surface area contributed by atoms with Gasteiger partial charge >= 0.3 is 18.5 Å². The molecule has 14 heteroatoms. The number of halogens is 5. The second-order valence-corrected chi connectivity index (χ2v) is 8.98. The van der Waals surface area contributed by atoms with Crippen molar-refractivity contribution in [2.24, 2.45) is 5.92 Å². The van der Waals surface area contributed by atoms with Crippen LogP contribution in [-0.2, 0) is 16.1 Å². The third kappa shape index (κ3) is 5.59. The first-order valence-electron chi connectivity index (χ1n) is 11.9. The van der Waals surface area contributed by atoms with Crippen LogP contribution in [0.1, 0.15) is 30.9 Å². The van der Waals surface area contributed by atoms with Crippen LogP contribution in [0, 0.1) is 5.92 Å². The van der Waals surface area contributed by atoms with Crippen LogP contribution >= 0.6 is 0 Å². The Bertz CT molecular complexity index is 1480. The summed E-state index contributed by atoms with van der Waals surface area (Å²) < 4.78 is 70.7. The first-order chi connectivity index (χ1) is 18.6. The minimum Gasteiger partial charge on any atom is -0.415 e. The molecule has 0 spiro atoms. The fourth-order valence-electron chi connectivity index (χ4n) is 4.48. The molecule has 4 heterocycles. The number of benzene rings is 1. The number of hydrogen-bond donors (Lipinski definition) is 0. The van der Waals surface area contributed by atoms with Gasteiger partial charge in [-0.1, -0.05) is 18.2 Å². The lowest BCUT2D eigenvalue weighted by Gasteiger charge is -2.34. The number of pyridine rings is 1. The second-order valence-electron chi connectivity index (χ2n) is 8.98. The zero-order valence-electron chi connectivity index (χ0n) is 20.2. The Labute approximate surface area is 217 Å². The summed E-state index contributed by atoms with van der Waals surface area (Å²) in [7, 11) is 0. The number of likely N-dealkylation sites (tertiary alicyclic amines) is 1. The van der Waals surface area contributed by atoms with Gasteiger partial charge in [-0.15, -0.1) is 10.2 Å². The van der Waals surface area contributed by atoms with Crippen LogP contribution in [0.2, 0.25) is 0 Å². The van der Waals surface area contributed by atoms with Crippen LogP contribution in [0.3, 0.4) is 0 Å². The first kappa shape index (κ1) is 26.3. The minimum absolute atomic E-state index is 0.0671. The van der Waals surface area contributed by atoms with E-state index in [0.29, 0.717) is 22.6 Å². The summed E-state index contributed by atoms with van der Waals surface area (Å²) in [6.07, 6.45) is -4.32. The predicted octanol–water partition coefficient (Wildman–Crippen LogP) is 4.66. The zero-order valence-corrected chi connectivity index (χ0v) is 20.2. The molecule has 5 rings (SSSR count). The van der Waals surface area contributed by atoms with E-state index in [-0.39, 0.29) is 44.3 Å². The molecule has 0 bridgehead atoms. The summed E-state index contributed by atoms with van der Waals surface area (Å²) in [4.78, 5) is 31.9. The molecule has 1 fully saturated rings. The normalized spacial score (nSPS) is 14.8. The average Bonchev–Trinajstić information content (AvgIpc) is 3.58. The summed E-state index contributed by atoms with van der Waals surface area (Å²) in [5.74, 6) is -3.65. The predicted molar refractivity (Wildman–Crippen MR) is 126 cm³/mol. The van der Waals surface area contributed by atoms with E-state index in [2.05, 4.69) is 15.2 Å². The van der Waals surface area contributed by atoms with Crippen LogP contribution in [-0.4, -0.2) is 55.6 Å². The van der Waals surface area contributed by atoms with Crippen molar-refractivity contribution in [1.29, 1.82) is 0 Å². The number of carbonyl (C=O) groups excluding carboxylic acids is 2. The number of para-hydroxylation sites is 1. The molecular weight excluding hydrogens is 527 g/mol. The number of nitrogens with zero attached hydrogens (tertiary/aromatic N) is 6. The number of imidazole rings is 1. The highest BCUT2D eigenvalue weighted by Gasteiger charge is 2.44. The highest BCUT2D eigenvalue weighted by atomic mass is 19.4. The highest BCUT2D eigenvalue weighted by molar-refractivity contribution is 5.95. The standard InChI is InChI=1S/C25H21F5N6O3/c26-20(27)22-33-32-21(39-22)16-8-11-35-13-17(31-19(35)12-16)14-36(18-4-2-1-3-5-18)23(37)15-6-9-34(10-7-15)24(38)25(28,29)30/h1-5,8,11-13,15,20H,6-7,9-10,14H2. The molecule has 9 nitrogen and oxygen atoms in total. The van der Waals surface area contributed by atoms with Gasteiger partial charge in [0.2, 0.25) is 11.8 Å². The number of rotatable bonds is 6. The molecule has 0 unspecified atom stereocenters. The lowest BCUT2D eigenvalue weighted by atomic mass is 9.94. The number of amides is 2. The van der Waals surface area contributed by atoms with Crippen molar-refractivity contribution in [2.45, 2.75) is 32.0 Å². The zero-order chi connectivity index (χ0) is 27.7. The van der Waals surface area contributed by atoms with E-state index in [1.807, 2.05) is 0 Å². The van der Waals surface area contributed by atoms with E-state index < -0.39 is 30.3 Å². The van der Waals surface area contributed by atoms with E-state index in [0.717, 1.165) is 4.90 Å². The van der Waals surface area contributed by atoms with E-state index in [9.17, 15) is 31.5 Å². The molecule has 0 atom stereocenters. The molecule has 0 aliphatic carbocycles. The highest BCUT2D eigenvalue weighted by Crippen LogP contribution is 2.28. The number of fused-ring (bicyclic) bond motifs is 1. The fraction of sp³-hybridized carbons (Fsp3) is 0.320. The molecule has 0 N–H and O–H groups in total. The summed E-state index contributed by atoms with van der Waals surface area (Å²) in [6, 6.07) is 12.0. The Morgan fingerprint density at radius 2 is 1.79 bits per heavy atom. The Balaban J connectivity index is 1.36. The van der Waals surface area contributed by atoms with Crippen molar-refractivity contribution in [3.63, 3.8) is 0 Å². The molecule has 204 valence electrons. The van der Waals surface area contributed by atoms with Crippen LogP contribution in [0.15, 0.2) is 59.3 Å². The van der Waals surface area contributed by atoms with Gasteiger partial charge in [0.1, 0.15) is 5.65 Å². The number of hydrogen-bond acceptors (Lipinski definition) is 6. The molecule has 1 saturated heterocycles. The molecular formula is C25H21F5N6O3. The summed E-state index contributed by atoms with van der Waals surface area (Å²) in [5.41, 5.74) is 1.92. The summed E-state index contributed by atoms with van der Waals surface area (Å²) in [6.45, 7) is -0.271. The van der Waals surface area contributed by atoms with Crippen LogP contribution < -0.4 is 4.90 Å². The molecule has 4 aromatic rings. The number of aromatic nitrogens is 4. The maximum Gasteiger partial charge on any atom is 0.471 e. The summed E-state index contributed by atoms with van der Waals surface area (Å²) in [5, 5.41) is 6.97. The van der Waals surface area contributed by atoms with Crippen molar-refractivity contribution in [3.05, 3.63) is 66.4 Å². The van der Waals surface area contributed by atoms with Crippen LogP contribution in [0.5, 0.6) is 0 Å². The lowest BCUT2D eigenvalue weighted by molar-refractivity contribution is -0.186. The maximum atomic E-state index is 13.6. The van der Waals surface area contributed by atoms with Crippen molar-refractivity contribution in [1.82, 2.24) is 24.5 Å². The van der Waals surface area contributed by atoms with Crippen LogP contribution in [0.25, 0.3) is 17.1 Å². The van der Waals surface area contributed by atoms with Crippen molar-refractivity contribution in [2.75, 3.05) is 18.0 Å². The van der Waals surface area contributed by atoms with Crippen molar-refractivity contribution in [3.8, 4) is 11.5 Å². The van der Waals surface area contributed by atoms with Gasteiger partial charge in [0.15, 0.2) is 0 Å². The molecule has 1 aliphatic heterocycles. The minimum atomic E-state index is -4.95. The third-order valence-corrected chi connectivity index (χ3v) is 6.41. The van der Waals surface area contributed by atoms with Gasteiger partial charge < -0.3 is 18.6 Å². The Hall–Kier alpha value is -4.36. The van der Waals surface area contributed by atoms with Gasteiger partial charge in [-0.3, -0.25) is 9.59 Å². The van der Waals surface area contributed by atoms with Gasteiger partial charge in [-0.05, 0) is 37.1 Å². The number of alkyl halides is 5. The Morgan fingerprint density at radius 1 is 1.08 bits per heavy atom. The molecule has 2 amide bonds. The molecule has 0 saturated carbocycles. The van der Waals surface area contributed by atoms with E-state index in [1.165, 1.54) is 4.90 Å². The van der Waals surface area contributed by atoms with Crippen molar-refractivity contribution >= 4 is 23.1 Å². The van der Waals surface area contributed by atoms with Gasteiger partial charge in [0.05, 0.1) is 12.2 Å². The Morgan fingerprint density at radius 3 is 2.44 bits per heavy atom. The monoisotopic (exact) mass is 548 g/mol. The van der Waals surface area contributed by atoms with Crippen molar-refractivity contribution < 1.29 is 36.0 Å². The molecule has 0 radical (unpaired) electrons. The third-order valence-electron chi connectivity index (χ3n) is 6.41. The second kappa shape index (κ2) is 10.4. The van der Waals surface area contributed by atoms with Gasteiger partial charge in [-0.25, -0.2) is 4.98 Å². The lowest BCUT2D eigenvalue weighted by Crippen LogP contribution is -2.48. The fourth-order valence-corrected chi connectivity index (χ4v) is 4.48. The van der Waals surface area contributed by atoms with E-state index in [1.54, 1.807) is 59.3 Å². The quantitative estimate of drug-likeness (QED) is 0.326. The molecule has 39 heavy (non-hydrogen) atoms. The molecule has 1 aromatic carbocycles. The molecule has 1 aliphatic rings. The Kier molecular flexibility index (Phi) is 7.02. The number of carbonyl (C=O) groups is 2. The molecule has 3 aromatic heterocycles. The first-order valence-corrected chi connectivity index (χ1v) is 11.9. The topological polar surface area (TPSA) is 96.8 Å². The van der Waals surface area contributed by atoms with Crippen LogP contribution in [0.4, 0.5) is 27.6 Å². The van der Waals surface area contributed by atoms with E-state index >= 15 is 0 Å². The van der Waals surface area contributed by atoms with Gasteiger partial charge in [0.25, 0.3) is 5.89 Å². The van der Waals surface area contributed by atoms with Gasteiger partial charge in [0, 0.05) is 42.7 Å². The number of piperidine rings is 1. The maximum absolute atomic E-state index is 13.6. The summed E-state index contributed by atoms with van der Waals surface area (Å²) >= 11 is 0. The number of anilines is 1. The van der Waals surface area contributed by atoms with E-state index in [4.69, 9.17) is 4.42 Å². The average molecular weight is 548 g/mol.